The van der Waals surface area contributed by atoms with Gasteiger partial charge in [0, 0.05) is 30.7 Å². The van der Waals surface area contributed by atoms with E-state index in [0.29, 0.717) is 35.9 Å². The Kier molecular flexibility index (Phi) is 8.04. The molecular weight excluding hydrogens is 400 g/mol. The Balaban J connectivity index is 1.86. The van der Waals surface area contributed by atoms with Crippen molar-refractivity contribution in [3.63, 3.8) is 0 Å². The molecule has 150 valence electrons. The van der Waals surface area contributed by atoms with Crippen molar-refractivity contribution in [3.05, 3.63) is 71.8 Å². The summed E-state index contributed by atoms with van der Waals surface area (Å²) in [6.45, 7) is 4.56. The standard InChI is InChI=1S/C20H23ClN2O4S/c1-3-12-22-28(25,26)19-10-8-16(9-11-19)20(24)23(2)13-5-14-27-18-7-4-6-17(21)15-18/h3-4,6-11,15,22H,1,5,12-14H2,2H3. The van der Waals surface area contributed by atoms with Gasteiger partial charge < -0.3 is 9.64 Å². The summed E-state index contributed by atoms with van der Waals surface area (Å²) in [7, 11) is -1.91. The minimum atomic E-state index is -3.60. The molecule has 2 aromatic rings. The predicted molar refractivity (Wildman–Crippen MR) is 110 cm³/mol. The number of rotatable bonds is 10. The molecule has 28 heavy (non-hydrogen) atoms. The second kappa shape index (κ2) is 10.3. The van der Waals surface area contributed by atoms with Crippen LogP contribution in [0.2, 0.25) is 5.02 Å². The lowest BCUT2D eigenvalue weighted by Crippen LogP contribution is -2.29. The molecule has 0 aromatic heterocycles. The Morgan fingerprint density at radius 2 is 1.96 bits per heavy atom. The van der Waals surface area contributed by atoms with E-state index in [1.165, 1.54) is 30.3 Å². The maximum atomic E-state index is 12.5. The zero-order valence-electron chi connectivity index (χ0n) is 15.6. The van der Waals surface area contributed by atoms with Crippen molar-refractivity contribution in [1.29, 1.82) is 0 Å². The van der Waals surface area contributed by atoms with Crippen LogP contribution in [-0.4, -0.2) is 46.0 Å². The average molecular weight is 423 g/mol. The number of nitrogens with zero attached hydrogens (tertiary/aromatic N) is 1. The largest absolute Gasteiger partial charge is 0.493 e. The summed E-state index contributed by atoms with van der Waals surface area (Å²) in [5, 5.41) is 0.606. The van der Waals surface area contributed by atoms with Crippen LogP contribution in [0.1, 0.15) is 16.8 Å². The monoisotopic (exact) mass is 422 g/mol. The van der Waals surface area contributed by atoms with E-state index in [0.717, 1.165) is 0 Å². The lowest BCUT2D eigenvalue weighted by molar-refractivity contribution is 0.0787. The van der Waals surface area contributed by atoms with Gasteiger partial charge in [0.1, 0.15) is 5.75 Å². The molecule has 0 aliphatic carbocycles. The Bertz CT molecular complexity index is 914. The summed E-state index contributed by atoms with van der Waals surface area (Å²) < 4.78 is 32.1. The normalized spacial score (nSPS) is 11.1. The number of ether oxygens (including phenoxy) is 1. The molecule has 0 atom stereocenters. The van der Waals surface area contributed by atoms with Crippen molar-refractivity contribution in [1.82, 2.24) is 9.62 Å². The zero-order chi connectivity index (χ0) is 20.6. The van der Waals surface area contributed by atoms with Gasteiger partial charge in [0.2, 0.25) is 10.0 Å². The van der Waals surface area contributed by atoms with E-state index in [4.69, 9.17) is 16.3 Å². The predicted octanol–water partition coefficient (Wildman–Crippen LogP) is 3.35. The number of sulfonamides is 1. The molecule has 0 saturated heterocycles. The van der Waals surface area contributed by atoms with Crippen LogP contribution in [0.15, 0.2) is 66.1 Å². The molecule has 0 radical (unpaired) electrons. The molecule has 0 saturated carbocycles. The lowest BCUT2D eigenvalue weighted by atomic mass is 10.2. The number of halogens is 1. The Morgan fingerprint density at radius 3 is 2.61 bits per heavy atom. The van der Waals surface area contributed by atoms with Crippen LogP contribution in [0.5, 0.6) is 5.75 Å². The highest BCUT2D eigenvalue weighted by molar-refractivity contribution is 7.89. The third-order valence-corrected chi connectivity index (χ3v) is 5.55. The molecule has 0 aliphatic rings. The van der Waals surface area contributed by atoms with Crippen molar-refractivity contribution in [2.75, 3.05) is 26.7 Å². The number of benzene rings is 2. The van der Waals surface area contributed by atoms with E-state index >= 15 is 0 Å². The molecule has 1 N–H and O–H groups in total. The van der Waals surface area contributed by atoms with Crippen molar-refractivity contribution >= 4 is 27.5 Å². The van der Waals surface area contributed by atoms with E-state index in [9.17, 15) is 13.2 Å². The van der Waals surface area contributed by atoms with Gasteiger partial charge in [-0.1, -0.05) is 23.7 Å². The van der Waals surface area contributed by atoms with Crippen LogP contribution in [0.25, 0.3) is 0 Å². The van der Waals surface area contributed by atoms with Gasteiger partial charge in [-0.25, -0.2) is 13.1 Å². The van der Waals surface area contributed by atoms with Crippen LogP contribution < -0.4 is 9.46 Å². The highest BCUT2D eigenvalue weighted by Crippen LogP contribution is 2.17. The lowest BCUT2D eigenvalue weighted by Gasteiger charge is -2.17. The van der Waals surface area contributed by atoms with Gasteiger partial charge in [-0.15, -0.1) is 6.58 Å². The third kappa shape index (κ3) is 6.37. The van der Waals surface area contributed by atoms with Crippen LogP contribution >= 0.6 is 11.6 Å². The summed E-state index contributed by atoms with van der Waals surface area (Å²) >= 11 is 5.90. The fraction of sp³-hybridized carbons (Fsp3) is 0.250. The quantitative estimate of drug-likeness (QED) is 0.470. The highest BCUT2D eigenvalue weighted by atomic mass is 35.5. The third-order valence-electron chi connectivity index (χ3n) is 3.88. The molecule has 1 amide bonds. The highest BCUT2D eigenvalue weighted by Gasteiger charge is 2.15. The van der Waals surface area contributed by atoms with Crippen LogP contribution in [-0.2, 0) is 10.0 Å². The second-order valence-electron chi connectivity index (χ2n) is 6.05. The Hall–Kier alpha value is -2.35. The van der Waals surface area contributed by atoms with Gasteiger partial charge in [-0.3, -0.25) is 4.79 Å². The Morgan fingerprint density at radius 1 is 1.25 bits per heavy atom. The maximum absolute atomic E-state index is 12.5. The average Bonchev–Trinajstić information content (AvgIpc) is 2.69. The summed E-state index contributed by atoms with van der Waals surface area (Å²) in [6.07, 6.45) is 2.10. The molecule has 0 aliphatic heterocycles. The van der Waals surface area contributed by atoms with Crippen LogP contribution in [0, 0.1) is 0 Å². The SMILES string of the molecule is C=CCNS(=O)(=O)c1ccc(C(=O)N(C)CCCOc2cccc(Cl)c2)cc1. The fourth-order valence-corrected chi connectivity index (χ4v) is 3.58. The van der Waals surface area contributed by atoms with E-state index in [1.54, 1.807) is 24.1 Å². The zero-order valence-corrected chi connectivity index (χ0v) is 17.2. The van der Waals surface area contributed by atoms with Gasteiger partial charge in [-0.05, 0) is 48.9 Å². The number of amides is 1. The molecule has 0 heterocycles. The van der Waals surface area contributed by atoms with Gasteiger partial charge in [0.25, 0.3) is 5.91 Å². The number of carbonyl (C=O) groups is 1. The van der Waals surface area contributed by atoms with Gasteiger partial charge >= 0.3 is 0 Å². The first kappa shape index (κ1) is 21.9. The van der Waals surface area contributed by atoms with Gasteiger partial charge in [0.15, 0.2) is 0 Å². The van der Waals surface area contributed by atoms with Crippen LogP contribution in [0.3, 0.4) is 0 Å². The minimum absolute atomic E-state index is 0.100. The molecule has 8 heteroatoms. The summed E-state index contributed by atoms with van der Waals surface area (Å²) in [4.78, 5) is 14.1. The van der Waals surface area contributed by atoms with Gasteiger partial charge in [-0.2, -0.15) is 0 Å². The molecule has 0 bridgehead atoms. The van der Waals surface area contributed by atoms with Crippen molar-refractivity contribution in [2.24, 2.45) is 0 Å². The van der Waals surface area contributed by atoms with E-state index in [1.807, 2.05) is 12.1 Å². The Labute approximate surface area is 170 Å². The van der Waals surface area contributed by atoms with Crippen molar-refractivity contribution in [2.45, 2.75) is 11.3 Å². The summed E-state index contributed by atoms with van der Waals surface area (Å²) in [5.74, 6) is 0.495. The number of hydrogen-bond donors (Lipinski definition) is 1. The van der Waals surface area contributed by atoms with Crippen molar-refractivity contribution < 1.29 is 17.9 Å². The second-order valence-corrected chi connectivity index (χ2v) is 8.25. The minimum Gasteiger partial charge on any atom is -0.493 e. The fourth-order valence-electron chi connectivity index (χ4n) is 2.40. The number of hydrogen-bond acceptors (Lipinski definition) is 4. The van der Waals surface area contributed by atoms with Crippen LogP contribution in [0.4, 0.5) is 0 Å². The van der Waals surface area contributed by atoms with E-state index < -0.39 is 10.0 Å². The molecule has 0 spiro atoms. The van der Waals surface area contributed by atoms with Crippen molar-refractivity contribution in [3.8, 4) is 5.75 Å². The van der Waals surface area contributed by atoms with E-state index in [2.05, 4.69) is 11.3 Å². The number of nitrogens with one attached hydrogen (secondary N) is 1. The first-order valence-electron chi connectivity index (χ1n) is 8.68. The van der Waals surface area contributed by atoms with E-state index in [-0.39, 0.29) is 17.3 Å². The smallest absolute Gasteiger partial charge is 0.253 e. The topological polar surface area (TPSA) is 75.7 Å². The first-order valence-corrected chi connectivity index (χ1v) is 10.5. The molecule has 0 unspecified atom stereocenters. The van der Waals surface area contributed by atoms with Gasteiger partial charge in [0.05, 0.1) is 11.5 Å². The summed E-state index contributed by atoms with van der Waals surface area (Å²) in [6, 6.07) is 13.0. The summed E-state index contributed by atoms with van der Waals surface area (Å²) in [5.41, 5.74) is 0.418. The molecule has 6 nitrogen and oxygen atoms in total. The molecule has 2 rings (SSSR count). The maximum Gasteiger partial charge on any atom is 0.253 e. The molecule has 0 fully saturated rings. The first-order chi connectivity index (χ1) is 13.3. The molecule has 2 aromatic carbocycles. The molecular formula is C20H23ClN2O4S. The number of carbonyl (C=O) groups excluding carboxylic acids is 1.